The fourth-order valence-corrected chi connectivity index (χ4v) is 4.38. The third-order valence-corrected chi connectivity index (χ3v) is 6.05. The van der Waals surface area contributed by atoms with Crippen molar-refractivity contribution in [3.8, 4) is 0 Å². The van der Waals surface area contributed by atoms with Gasteiger partial charge in [0.2, 0.25) is 0 Å². The van der Waals surface area contributed by atoms with Gasteiger partial charge in [0.15, 0.2) is 0 Å². The van der Waals surface area contributed by atoms with Gasteiger partial charge in [-0.25, -0.2) is 4.79 Å². The number of nitrogens with zero attached hydrogens (tertiary/aromatic N) is 1. The van der Waals surface area contributed by atoms with Crippen molar-refractivity contribution in [3.05, 3.63) is 51.2 Å². The highest BCUT2D eigenvalue weighted by atomic mass is 32.1. The quantitative estimate of drug-likeness (QED) is 0.732. The molecule has 2 amide bonds. The molecular formula is C20H26N2OS. The van der Waals surface area contributed by atoms with E-state index in [9.17, 15) is 4.79 Å². The zero-order valence-electron chi connectivity index (χ0n) is 14.8. The molecule has 4 heteroatoms. The summed E-state index contributed by atoms with van der Waals surface area (Å²) in [5.41, 5.74) is 3.27. The third-order valence-electron chi connectivity index (χ3n) is 4.95. The summed E-state index contributed by atoms with van der Waals surface area (Å²) in [4.78, 5) is 17.7. The van der Waals surface area contributed by atoms with Crippen LogP contribution in [0.25, 0.3) is 0 Å². The van der Waals surface area contributed by atoms with E-state index in [1.807, 2.05) is 28.4 Å². The van der Waals surface area contributed by atoms with E-state index in [-0.39, 0.29) is 12.1 Å². The number of carbonyl (C=O) groups is 1. The van der Waals surface area contributed by atoms with Crippen molar-refractivity contribution >= 4 is 23.1 Å². The minimum atomic E-state index is 0.0293. The number of likely N-dealkylation sites (tertiary alicyclic amines) is 1. The first-order valence-electron chi connectivity index (χ1n) is 8.76. The Morgan fingerprint density at radius 1 is 1.12 bits per heavy atom. The van der Waals surface area contributed by atoms with Crippen LogP contribution in [-0.2, 0) is 0 Å². The van der Waals surface area contributed by atoms with Crippen LogP contribution in [0.3, 0.4) is 0 Å². The second-order valence-corrected chi connectivity index (χ2v) is 8.00. The predicted molar refractivity (Wildman–Crippen MR) is 102 cm³/mol. The molecule has 0 radical (unpaired) electrons. The molecule has 1 saturated heterocycles. The molecule has 24 heavy (non-hydrogen) atoms. The fourth-order valence-electron chi connectivity index (χ4n) is 3.35. The Balaban J connectivity index is 1.83. The molecule has 1 aliphatic rings. The van der Waals surface area contributed by atoms with Gasteiger partial charge in [0.05, 0.1) is 6.04 Å². The molecule has 0 bridgehead atoms. The van der Waals surface area contributed by atoms with Crippen LogP contribution in [0.2, 0.25) is 0 Å². The van der Waals surface area contributed by atoms with Crippen molar-refractivity contribution < 1.29 is 4.79 Å². The van der Waals surface area contributed by atoms with Gasteiger partial charge in [-0.15, -0.1) is 11.3 Å². The first kappa shape index (κ1) is 17.0. The molecule has 0 spiro atoms. The number of urea groups is 1. The van der Waals surface area contributed by atoms with Gasteiger partial charge in [0.25, 0.3) is 0 Å². The van der Waals surface area contributed by atoms with E-state index < -0.39 is 0 Å². The third kappa shape index (κ3) is 3.64. The molecule has 1 aromatic heterocycles. The zero-order chi connectivity index (χ0) is 17.1. The highest BCUT2D eigenvalue weighted by Gasteiger charge is 2.28. The summed E-state index contributed by atoms with van der Waals surface area (Å²) in [5.74, 6) is 0. The summed E-state index contributed by atoms with van der Waals surface area (Å²) in [6, 6.07) is 10.6. The van der Waals surface area contributed by atoms with E-state index in [1.165, 1.54) is 28.2 Å². The minimum absolute atomic E-state index is 0.0293. The number of nitrogens with one attached hydrogen (secondary N) is 1. The molecule has 1 aliphatic heterocycles. The lowest BCUT2D eigenvalue weighted by molar-refractivity contribution is 0.190. The highest BCUT2D eigenvalue weighted by Crippen LogP contribution is 2.34. The number of carbonyl (C=O) groups excluding carboxylic acids is 1. The molecule has 0 aliphatic carbocycles. The topological polar surface area (TPSA) is 32.3 Å². The molecule has 0 unspecified atom stereocenters. The van der Waals surface area contributed by atoms with Crippen molar-refractivity contribution in [2.24, 2.45) is 0 Å². The Bertz CT molecular complexity index is 722. The van der Waals surface area contributed by atoms with E-state index in [2.05, 4.69) is 44.3 Å². The summed E-state index contributed by atoms with van der Waals surface area (Å²) in [6.45, 7) is 7.10. The van der Waals surface area contributed by atoms with Crippen LogP contribution >= 0.6 is 11.3 Å². The van der Waals surface area contributed by atoms with Gasteiger partial charge in [0.1, 0.15) is 0 Å². The molecule has 2 aromatic rings. The zero-order valence-corrected chi connectivity index (χ0v) is 15.6. The van der Waals surface area contributed by atoms with E-state index in [0.29, 0.717) is 0 Å². The van der Waals surface area contributed by atoms with Crippen LogP contribution < -0.4 is 5.32 Å². The summed E-state index contributed by atoms with van der Waals surface area (Å²) >= 11 is 1.81. The Hall–Kier alpha value is -1.81. The maximum atomic E-state index is 13.0. The lowest BCUT2D eigenvalue weighted by atomic mass is 10.1. The van der Waals surface area contributed by atoms with E-state index in [4.69, 9.17) is 0 Å². The van der Waals surface area contributed by atoms with Gasteiger partial charge >= 0.3 is 6.03 Å². The number of thiophene rings is 1. The van der Waals surface area contributed by atoms with E-state index >= 15 is 0 Å². The standard InChI is InChI=1S/C20H26N2OS/c1-14-8-7-9-17(16(14)3)21-20(23)22-13-6-4-5-10-18(22)19-12-11-15(2)24-19/h7-9,11-12,18H,4-6,10,13H2,1-3H3,(H,21,23)/t18-/m0/s1. The molecule has 1 aromatic carbocycles. The first-order valence-corrected chi connectivity index (χ1v) is 9.58. The van der Waals surface area contributed by atoms with Crippen molar-refractivity contribution in [1.82, 2.24) is 4.90 Å². The van der Waals surface area contributed by atoms with Crippen LogP contribution in [-0.4, -0.2) is 17.5 Å². The van der Waals surface area contributed by atoms with Gasteiger partial charge < -0.3 is 10.2 Å². The van der Waals surface area contributed by atoms with Gasteiger partial charge in [-0.05, 0) is 62.9 Å². The van der Waals surface area contributed by atoms with Gasteiger partial charge in [-0.2, -0.15) is 0 Å². The number of rotatable bonds is 2. The van der Waals surface area contributed by atoms with Crippen LogP contribution in [0.5, 0.6) is 0 Å². The molecular weight excluding hydrogens is 316 g/mol. The lowest BCUT2D eigenvalue weighted by Gasteiger charge is -2.30. The fraction of sp³-hybridized carbons (Fsp3) is 0.450. The molecule has 1 fully saturated rings. The van der Waals surface area contributed by atoms with Gasteiger partial charge in [0, 0.05) is 22.0 Å². The number of hydrogen-bond donors (Lipinski definition) is 1. The Morgan fingerprint density at radius 2 is 1.96 bits per heavy atom. The number of anilines is 1. The maximum Gasteiger partial charge on any atom is 0.322 e. The summed E-state index contributed by atoms with van der Waals surface area (Å²) in [7, 11) is 0. The Labute approximate surface area is 148 Å². The van der Waals surface area contributed by atoms with Crippen molar-refractivity contribution in [2.75, 3.05) is 11.9 Å². The van der Waals surface area contributed by atoms with Crippen molar-refractivity contribution in [3.63, 3.8) is 0 Å². The smallest absolute Gasteiger partial charge is 0.317 e. The molecule has 0 saturated carbocycles. The second-order valence-electron chi connectivity index (χ2n) is 6.68. The molecule has 1 atom stereocenters. The molecule has 128 valence electrons. The first-order chi connectivity index (χ1) is 11.6. The average molecular weight is 343 g/mol. The van der Waals surface area contributed by atoms with Crippen molar-refractivity contribution in [2.45, 2.75) is 52.5 Å². The predicted octanol–water partition coefficient (Wildman–Crippen LogP) is 5.82. The highest BCUT2D eigenvalue weighted by molar-refractivity contribution is 7.12. The summed E-state index contributed by atoms with van der Waals surface area (Å²) in [5, 5.41) is 3.15. The maximum absolute atomic E-state index is 13.0. The molecule has 3 nitrogen and oxygen atoms in total. The van der Waals surface area contributed by atoms with Gasteiger partial charge in [-0.1, -0.05) is 25.0 Å². The molecule has 3 rings (SSSR count). The monoisotopic (exact) mass is 342 g/mol. The second kappa shape index (κ2) is 7.39. The molecule has 2 heterocycles. The SMILES string of the molecule is Cc1ccc([C@@H]2CCCCCN2C(=O)Nc2cccc(C)c2C)s1. The number of benzene rings is 1. The van der Waals surface area contributed by atoms with Crippen molar-refractivity contribution in [1.29, 1.82) is 0 Å². The van der Waals surface area contributed by atoms with Crippen LogP contribution in [0, 0.1) is 20.8 Å². The Kier molecular flexibility index (Phi) is 5.24. The van der Waals surface area contributed by atoms with Gasteiger partial charge in [-0.3, -0.25) is 0 Å². The van der Waals surface area contributed by atoms with Crippen LogP contribution in [0.1, 0.15) is 52.6 Å². The largest absolute Gasteiger partial charge is 0.322 e. The van der Waals surface area contributed by atoms with E-state index in [0.717, 1.165) is 30.6 Å². The number of amides is 2. The molecule has 1 N–H and O–H groups in total. The number of hydrogen-bond acceptors (Lipinski definition) is 2. The Morgan fingerprint density at radius 3 is 2.71 bits per heavy atom. The minimum Gasteiger partial charge on any atom is -0.317 e. The normalized spacial score (nSPS) is 18.3. The lowest BCUT2D eigenvalue weighted by Crippen LogP contribution is -2.38. The number of aryl methyl sites for hydroxylation is 2. The van der Waals surface area contributed by atoms with Crippen LogP contribution in [0.15, 0.2) is 30.3 Å². The summed E-state index contributed by atoms with van der Waals surface area (Å²) < 4.78 is 0. The van der Waals surface area contributed by atoms with Crippen LogP contribution in [0.4, 0.5) is 10.5 Å². The summed E-state index contributed by atoms with van der Waals surface area (Å²) in [6.07, 6.45) is 4.53. The van der Waals surface area contributed by atoms with E-state index in [1.54, 1.807) is 0 Å². The average Bonchev–Trinajstić information content (AvgIpc) is 2.84.